The van der Waals surface area contributed by atoms with Crippen LogP contribution in [0, 0.1) is 6.92 Å². The number of hydrogen-bond acceptors (Lipinski definition) is 3. The van der Waals surface area contributed by atoms with E-state index in [9.17, 15) is 4.79 Å². The molecule has 0 radical (unpaired) electrons. The second-order valence-corrected chi connectivity index (χ2v) is 6.07. The van der Waals surface area contributed by atoms with Crippen LogP contribution in [0.3, 0.4) is 0 Å². The number of aryl methyl sites for hydroxylation is 2. The van der Waals surface area contributed by atoms with E-state index in [4.69, 9.17) is 4.74 Å². The number of carbonyl (C=O) groups excluding carboxylic acids is 1. The Morgan fingerprint density at radius 2 is 2.00 bits per heavy atom. The van der Waals surface area contributed by atoms with E-state index in [1.165, 1.54) is 29.8 Å². The van der Waals surface area contributed by atoms with Crippen LogP contribution in [0.4, 0.5) is 0 Å². The maximum atomic E-state index is 11.9. The Balaban J connectivity index is 1.51. The SMILES string of the molecule is Cc1ccc(OCC(=O)NCc2nc3c(n2C)CCCC3)cc1. The first-order valence-corrected chi connectivity index (χ1v) is 8.13. The Morgan fingerprint density at radius 1 is 1.26 bits per heavy atom. The number of hydrogen-bond donors (Lipinski definition) is 1. The van der Waals surface area contributed by atoms with Crippen LogP contribution >= 0.6 is 0 Å². The van der Waals surface area contributed by atoms with E-state index in [1.54, 1.807) is 0 Å². The van der Waals surface area contributed by atoms with Crippen LogP contribution in [0.2, 0.25) is 0 Å². The van der Waals surface area contributed by atoms with E-state index < -0.39 is 0 Å². The molecule has 5 nitrogen and oxygen atoms in total. The Hall–Kier alpha value is -2.30. The molecule has 1 aromatic heterocycles. The summed E-state index contributed by atoms with van der Waals surface area (Å²) in [5.41, 5.74) is 3.68. The van der Waals surface area contributed by atoms with E-state index in [0.717, 1.165) is 18.7 Å². The van der Waals surface area contributed by atoms with Crippen LogP contribution in [0.15, 0.2) is 24.3 Å². The Bertz CT molecular complexity index is 689. The van der Waals surface area contributed by atoms with Crippen LogP contribution in [-0.4, -0.2) is 22.1 Å². The van der Waals surface area contributed by atoms with Crippen molar-refractivity contribution in [3.8, 4) is 5.75 Å². The third-order valence-electron chi connectivity index (χ3n) is 4.30. The number of benzene rings is 1. The number of ether oxygens (including phenoxy) is 1. The van der Waals surface area contributed by atoms with Crippen LogP contribution < -0.4 is 10.1 Å². The second-order valence-electron chi connectivity index (χ2n) is 6.07. The molecule has 3 rings (SSSR count). The topological polar surface area (TPSA) is 56.1 Å². The molecule has 0 aliphatic heterocycles. The largest absolute Gasteiger partial charge is 0.484 e. The first kappa shape index (κ1) is 15.6. The van der Waals surface area contributed by atoms with Gasteiger partial charge in [0.2, 0.25) is 0 Å². The third kappa shape index (κ3) is 3.73. The van der Waals surface area contributed by atoms with Gasteiger partial charge in [0, 0.05) is 12.7 Å². The molecular weight excluding hydrogens is 290 g/mol. The zero-order valence-corrected chi connectivity index (χ0v) is 13.8. The summed E-state index contributed by atoms with van der Waals surface area (Å²) in [6.07, 6.45) is 4.57. The molecule has 1 N–H and O–H groups in total. The predicted octanol–water partition coefficient (Wildman–Crippen LogP) is 2.30. The van der Waals surface area contributed by atoms with Gasteiger partial charge in [0.05, 0.1) is 12.2 Å². The number of amides is 1. The summed E-state index contributed by atoms with van der Waals surface area (Å²) in [6.45, 7) is 2.48. The second kappa shape index (κ2) is 6.86. The highest BCUT2D eigenvalue weighted by molar-refractivity contribution is 5.77. The van der Waals surface area contributed by atoms with Crippen molar-refractivity contribution in [1.82, 2.24) is 14.9 Å². The van der Waals surface area contributed by atoms with E-state index in [-0.39, 0.29) is 12.5 Å². The number of aromatic nitrogens is 2. The van der Waals surface area contributed by atoms with Gasteiger partial charge >= 0.3 is 0 Å². The monoisotopic (exact) mass is 313 g/mol. The van der Waals surface area contributed by atoms with Crippen LogP contribution in [0.1, 0.15) is 35.6 Å². The van der Waals surface area contributed by atoms with Gasteiger partial charge in [-0.25, -0.2) is 4.98 Å². The normalized spacial score (nSPS) is 13.5. The molecule has 5 heteroatoms. The summed E-state index contributed by atoms with van der Waals surface area (Å²) in [6, 6.07) is 7.67. The van der Waals surface area contributed by atoms with Crippen LogP contribution in [0.5, 0.6) is 5.75 Å². The first-order valence-electron chi connectivity index (χ1n) is 8.13. The molecule has 2 aromatic rings. The summed E-state index contributed by atoms with van der Waals surface area (Å²) >= 11 is 0. The summed E-state index contributed by atoms with van der Waals surface area (Å²) < 4.78 is 7.60. The van der Waals surface area contributed by atoms with Crippen molar-refractivity contribution in [2.75, 3.05) is 6.61 Å². The summed E-state index contributed by atoms with van der Waals surface area (Å²) in [7, 11) is 2.03. The lowest BCUT2D eigenvalue weighted by atomic mass is 10.0. The molecule has 0 fully saturated rings. The molecule has 1 aromatic carbocycles. The summed E-state index contributed by atoms with van der Waals surface area (Å²) in [4.78, 5) is 16.6. The van der Waals surface area contributed by atoms with Gasteiger partial charge < -0.3 is 14.6 Å². The molecule has 1 aliphatic carbocycles. The van der Waals surface area contributed by atoms with E-state index in [1.807, 2.05) is 38.2 Å². The molecule has 0 saturated heterocycles. The van der Waals surface area contributed by atoms with E-state index in [0.29, 0.717) is 12.3 Å². The molecular formula is C18H23N3O2. The van der Waals surface area contributed by atoms with Gasteiger partial charge in [-0.05, 0) is 44.7 Å². The minimum atomic E-state index is -0.133. The summed E-state index contributed by atoms with van der Waals surface area (Å²) in [5.74, 6) is 1.49. The van der Waals surface area contributed by atoms with Gasteiger partial charge in [-0.2, -0.15) is 0 Å². The molecule has 1 aliphatic rings. The fourth-order valence-corrected chi connectivity index (χ4v) is 2.91. The molecule has 0 unspecified atom stereocenters. The van der Waals surface area contributed by atoms with Gasteiger partial charge in [-0.3, -0.25) is 4.79 Å². The maximum Gasteiger partial charge on any atom is 0.258 e. The molecule has 0 bridgehead atoms. The smallest absolute Gasteiger partial charge is 0.258 e. The number of rotatable bonds is 5. The number of imidazole rings is 1. The molecule has 23 heavy (non-hydrogen) atoms. The van der Waals surface area contributed by atoms with E-state index >= 15 is 0 Å². The zero-order chi connectivity index (χ0) is 16.2. The highest BCUT2D eigenvalue weighted by atomic mass is 16.5. The summed E-state index contributed by atoms with van der Waals surface area (Å²) in [5, 5.41) is 2.88. The molecule has 1 heterocycles. The van der Waals surface area contributed by atoms with Crippen molar-refractivity contribution in [2.24, 2.45) is 7.05 Å². The minimum Gasteiger partial charge on any atom is -0.484 e. The Labute approximate surface area is 136 Å². The number of nitrogens with one attached hydrogen (secondary N) is 1. The average molecular weight is 313 g/mol. The van der Waals surface area contributed by atoms with Crippen molar-refractivity contribution < 1.29 is 9.53 Å². The lowest BCUT2D eigenvalue weighted by molar-refractivity contribution is -0.123. The average Bonchev–Trinajstić information content (AvgIpc) is 2.89. The van der Waals surface area contributed by atoms with Crippen LogP contribution in [-0.2, 0) is 31.2 Å². The Kier molecular flexibility index (Phi) is 4.65. The number of fused-ring (bicyclic) bond motifs is 1. The van der Waals surface area contributed by atoms with Crippen LogP contribution in [0.25, 0.3) is 0 Å². The molecule has 0 atom stereocenters. The van der Waals surface area contributed by atoms with Crippen molar-refractivity contribution in [1.29, 1.82) is 0 Å². The lowest BCUT2D eigenvalue weighted by Crippen LogP contribution is -2.29. The molecule has 0 spiro atoms. The van der Waals surface area contributed by atoms with Gasteiger partial charge in [-0.1, -0.05) is 17.7 Å². The number of carbonyl (C=O) groups is 1. The van der Waals surface area contributed by atoms with Gasteiger partial charge in [0.15, 0.2) is 6.61 Å². The standard InChI is InChI=1S/C18H23N3O2/c1-13-7-9-14(10-8-13)23-12-18(22)19-11-17-20-15-5-3-4-6-16(15)21(17)2/h7-10H,3-6,11-12H2,1-2H3,(H,19,22). The number of nitrogens with zero attached hydrogens (tertiary/aromatic N) is 2. The minimum absolute atomic E-state index is 0.0210. The predicted molar refractivity (Wildman–Crippen MR) is 88.4 cm³/mol. The van der Waals surface area contributed by atoms with E-state index in [2.05, 4.69) is 14.9 Å². The maximum absolute atomic E-state index is 11.9. The molecule has 0 saturated carbocycles. The van der Waals surface area contributed by atoms with Crippen molar-refractivity contribution >= 4 is 5.91 Å². The van der Waals surface area contributed by atoms with Gasteiger partial charge in [0.1, 0.15) is 11.6 Å². The fourth-order valence-electron chi connectivity index (χ4n) is 2.91. The first-order chi connectivity index (χ1) is 11.1. The quantitative estimate of drug-likeness (QED) is 0.921. The highest BCUT2D eigenvalue weighted by Gasteiger charge is 2.17. The fraction of sp³-hybridized carbons (Fsp3) is 0.444. The van der Waals surface area contributed by atoms with Crippen molar-refractivity contribution in [3.63, 3.8) is 0 Å². The lowest BCUT2D eigenvalue weighted by Gasteiger charge is -2.11. The van der Waals surface area contributed by atoms with Gasteiger partial charge in [0.25, 0.3) is 5.91 Å². The zero-order valence-electron chi connectivity index (χ0n) is 13.8. The van der Waals surface area contributed by atoms with Crippen molar-refractivity contribution in [3.05, 3.63) is 47.0 Å². The molecule has 122 valence electrons. The Morgan fingerprint density at radius 3 is 2.74 bits per heavy atom. The molecule has 1 amide bonds. The van der Waals surface area contributed by atoms with Crippen molar-refractivity contribution in [2.45, 2.75) is 39.2 Å². The van der Waals surface area contributed by atoms with Gasteiger partial charge in [-0.15, -0.1) is 0 Å². The third-order valence-corrected chi connectivity index (χ3v) is 4.30. The highest BCUT2D eigenvalue weighted by Crippen LogP contribution is 2.21.